The first kappa shape index (κ1) is 16.9. The molecule has 2 aromatic rings. The summed E-state index contributed by atoms with van der Waals surface area (Å²) in [7, 11) is 0. The Morgan fingerprint density at radius 2 is 1.71 bits per heavy atom. The number of benzene rings is 2. The van der Waals surface area contributed by atoms with Gasteiger partial charge < -0.3 is 9.84 Å². The zero-order chi connectivity index (χ0) is 17.5. The van der Waals surface area contributed by atoms with Crippen LogP contribution in [-0.2, 0) is 16.1 Å². The molecule has 0 aliphatic rings. The molecular formula is C16H14N2O6. The Hall–Kier alpha value is -3.42. The molecule has 0 saturated heterocycles. The van der Waals surface area contributed by atoms with Crippen LogP contribution < -0.4 is 4.90 Å². The van der Waals surface area contributed by atoms with Crippen molar-refractivity contribution < 1.29 is 24.4 Å². The van der Waals surface area contributed by atoms with Gasteiger partial charge in [-0.05, 0) is 11.6 Å². The second-order valence-corrected chi connectivity index (χ2v) is 4.77. The van der Waals surface area contributed by atoms with Gasteiger partial charge in [-0.25, -0.2) is 4.79 Å². The Morgan fingerprint density at radius 1 is 1.08 bits per heavy atom. The Bertz CT molecular complexity index is 747. The standard InChI is InChI=1S/C16H14N2O6/c19-15(20)10-17(13-8-4-5-9-14(13)18(22)23)16(21)24-11-12-6-2-1-3-7-12/h1-9H,10-11H2,(H,19,20). The molecular weight excluding hydrogens is 316 g/mol. The lowest BCUT2D eigenvalue weighted by atomic mass is 10.2. The van der Waals surface area contributed by atoms with Gasteiger partial charge in [0.1, 0.15) is 18.8 Å². The number of hydrogen-bond acceptors (Lipinski definition) is 5. The number of nitro benzene ring substituents is 1. The van der Waals surface area contributed by atoms with E-state index in [1.165, 1.54) is 24.3 Å². The lowest BCUT2D eigenvalue weighted by molar-refractivity contribution is -0.384. The number of anilines is 1. The maximum atomic E-state index is 12.2. The van der Waals surface area contributed by atoms with Crippen LogP contribution in [0.15, 0.2) is 54.6 Å². The SMILES string of the molecule is O=C(O)CN(C(=O)OCc1ccccc1)c1ccccc1[N+](=O)[O-]. The Kier molecular flexibility index (Phi) is 5.45. The van der Waals surface area contributed by atoms with E-state index in [9.17, 15) is 19.7 Å². The molecule has 2 rings (SSSR count). The van der Waals surface area contributed by atoms with Crippen molar-refractivity contribution in [2.45, 2.75) is 6.61 Å². The third kappa shape index (κ3) is 4.29. The molecule has 0 saturated carbocycles. The first-order chi connectivity index (χ1) is 11.5. The largest absolute Gasteiger partial charge is 0.480 e. The summed E-state index contributed by atoms with van der Waals surface area (Å²) in [6.45, 7) is -0.825. The van der Waals surface area contributed by atoms with Gasteiger partial charge in [0.25, 0.3) is 5.69 Å². The Labute approximate surface area is 137 Å². The summed E-state index contributed by atoms with van der Waals surface area (Å²) in [6, 6.07) is 14.2. The van der Waals surface area contributed by atoms with Crippen LogP contribution in [0.2, 0.25) is 0 Å². The summed E-state index contributed by atoms with van der Waals surface area (Å²) in [4.78, 5) is 34.4. The second-order valence-electron chi connectivity index (χ2n) is 4.77. The maximum Gasteiger partial charge on any atom is 0.415 e. The molecule has 0 fully saturated rings. The van der Waals surface area contributed by atoms with Gasteiger partial charge in [-0.1, -0.05) is 42.5 Å². The van der Waals surface area contributed by atoms with Crippen molar-refractivity contribution in [3.63, 3.8) is 0 Å². The van der Waals surface area contributed by atoms with Crippen molar-refractivity contribution in [3.05, 3.63) is 70.3 Å². The maximum absolute atomic E-state index is 12.2. The molecule has 0 aliphatic carbocycles. The normalized spacial score (nSPS) is 10.0. The molecule has 8 heteroatoms. The quantitative estimate of drug-likeness (QED) is 0.644. The fourth-order valence-electron chi connectivity index (χ4n) is 2.03. The topological polar surface area (TPSA) is 110 Å². The third-order valence-corrected chi connectivity index (χ3v) is 3.09. The Balaban J connectivity index is 2.23. The molecule has 0 spiro atoms. The average molecular weight is 330 g/mol. The van der Waals surface area contributed by atoms with Crippen LogP contribution in [0.3, 0.4) is 0 Å². The van der Waals surface area contributed by atoms with Crippen LogP contribution in [-0.4, -0.2) is 28.6 Å². The molecule has 2 aromatic carbocycles. The number of aliphatic carboxylic acids is 1. The molecule has 8 nitrogen and oxygen atoms in total. The monoisotopic (exact) mass is 330 g/mol. The van der Waals surface area contributed by atoms with Crippen LogP contribution in [0.1, 0.15) is 5.56 Å². The number of carbonyl (C=O) groups is 2. The molecule has 0 atom stereocenters. The number of carbonyl (C=O) groups excluding carboxylic acids is 1. The number of ether oxygens (including phenoxy) is 1. The number of hydrogen-bond donors (Lipinski definition) is 1. The van der Waals surface area contributed by atoms with E-state index in [2.05, 4.69) is 0 Å². The summed E-state index contributed by atoms with van der Waals surface area (Å²) >= 11 is 0. The lowest BCUT2D eigenvalue weighted by Crippen LogP contribution is -2.36. The van der Waals surface area contributed by atoms with Gasteiger partial charge in [0.05, 0.1) is 4.92 Å². The van der Waals surface area contributed by atoms with Gasteiger partial charge in [0.2, 0.25) is 0 Å². The van der Waals surface area contributed by atoms with E-state index in [1.54, 1.807) is 30.3 Å². The highest BCUT2D eigenvalue weighted by Gasteiger charge is 2.27. The fourth-order valence-corrected chi connectivity index (χ4v) is 2.03. The van der Waals surface area contributed by atoms with Crippen molar-refractivity contribution in [2.75, 3.05) is 11.4 Å². The number of nitrogens with zero attached hydrogens (tertiary/aromatic N) is 2. The van der Waals surface area contributed by atoms with E-state index in [-0.39, 0.29) is 18.0 Å². The van der Waals surface area contributed by atoms with Crippen LogP contribution in [0.5, 0.6) is 0 Å². The summed E-state index contributed by atoms with van der Waals surface area (Å²) in [5.74, 6) is -1.31. The van der Waals surface area contributed by atoms with Crippen LogP contribution in [0.4, 0.5) is 16.2 Å². The number of carboxylic acid groups (broad SMARTS) is 1. The van der Waals surface area contributed by atoms with E-state index in [4.69, 9.17) is 9.84 Å². The number of nitro groups is 1. The summed E-state index contributed by atoms with van der Waals surface area (Å²) in [5.41, 5.74) is 0.196. The van der Waals surface area contributed by atoms with Gasteiger partial charge in [0, 0.05) is 6.07 Å². The van der Waals surface area contributed by atoms with Gasteiger partial charge >= 0.3 is 12.1 Å². The number of carboxylic acids is 1. The predicted octanol–water partition coefficient (Wildman–Crippen LogP) is 2.82. The van der Waals surface area contributed by atoms with Gasteiger partial charge in [-0.2, -0.15) is 0 Å². The molecule has 1 amide bonds. The first-order valence-corrected chi connectivity index (χ1v) is 6.92. The molecule has 0 unspecified atom stereocenters. The zero-order valence-electron chi connectivity index (χ0n) is 12.5. The summed E-state index contributed by atoms with van der Waals surface area (Å²) in [6.07, 6.45) is -0.976. The molecule has 0 bridgehead atoms. The fraction of sp³-hybridized carbons (Fsp3) is 0.125. The summed E-state index contributed by atoms with van der Waals surface area (Å²) in [5, 5.41) is 20.1. The van der Waals surface area contributed by atoms with Crippen LogP contribution >= 0.6 is 0 Å². The second kappa shape index (κ2) is 7.73. The molecule has 0 aliphatic heterocycles. The highest BCUT2D eigenvalue weighted by Crippen LogP contribution is 2.28. The van der Waals surface area contributed by atoms with Gasteiger partial charge in [0.15, 0.2) is 0 Å². The zero-order valence-corrected chi connectivity index (χ0v) is 12.5. The van der Waals surface area contributed by atoms with E-state index < -0.39 is 23.5 Å². The van der Waals surface area contributed by atoms with E-state index >= 15 is 0 Å². The lowest BCUT2D eigenvalue weighted by Gasteiger charge is -2.20. The van der Waals surface area contributed by atoms with Gasteiger partial charge in [-0.3, -0.25) is 19.8 Å². The molecule has 1 N–H and O–H groups in total. The van der Waals surface area contributed by atoms with Crippen molar-refractivity contribution in [1.82, 2.24) is 0 Å². The van der Waals surface area contributed by atoms with Gasteiger partial charge in [-0.15, -0.1) is 0 Å². The molecule has 0 heterocycles. The van der Waals surface area contributed by atoms with Crippen LogP contribution in [0, 0.1) is 10.1 Å². The van der Waals surface area contributed by atoms with E-state index in [0.717, 1.165) is 4.90 Å². The molecule has 124 valence electrons. The highest BCUT2D eigenvalue weighted by molar-refractivity contribution is 5.95. The molecule has 0 radical (unpaired) electrons. The van der Waals surface area contributed by atoms with Crippen molar-refractivity contribution in [3.8, 4) is 0 Å². The molecule has 24 heavy (non-hydrogen) atoms. The number of amides is 1. The minimum Gasteiger partial charge on any atom is -0.480 e. The van der Waals surface area contributed by atoms with Crippen molar-refractivity contribution in [2.24, 2.45) is 0 Å². The third-order valence-electron chi connectivity index (χ3n) is 3.09. The van der Waals surface area contributed by atoms with E-state index in [0.29, 0.717) is 5.56 Å². The number of rotatable bonds is 6. The minimum atomic E-state index is -1.31. The predicted molar refractivity (Wildman–Crippen MR) is 84.7 cm³/mol. The van der Waals surface area contributed by atoms with Crippen LogP contribution in [0.25, 0.3) is 0 Å². The highest BCUT2D eigenvalue weighted by atomic mass is 16.6. The van der Waals surface area contributed by atoms with Crippen molar-refractivity contribution >= 4 is 23.4 Å². The number of para-hydroxylation sites is 2. The van der Waals surface area contributed by atoms with E-state index in [1.807, 2.05) is 0 Å². The minimum absolute atomic E-state index is 0.0730. The van der Waals surface area contributed by atoms with Crippen molar-refractivity contribution in [1.29, 1.82) is 0 Å². The molecule has 0 aromatic heterocycles. The summed E-state index contributed by atoms with van der Waals surface area (Å²) < 4.78 is 5.08. The smallest absolute Gasteiger partial charge is 0.415 e. The Morgan fingerprint density at radius 3 is 2.33 bits per heavy atom. The first-order valence-electron chi connectivity index (χ1n) is 6.92. The average Bonchev–Trinajstić information content (AvgIpc) is 2.58.